The highest BCUT2D eigenvalue weighted by Crippen LogP contribution is 2.27. The zero-order chi connectivity index (χ0) is 21.4. The molecule has 1 fully saturated rings. The SMILES string of the molecule is CS(=O)(=O)c1ccc2ncnc(N3CCN(Cc4cccc5ccccc45)CC3)c2c1. The third-order valence-electron chi connectivity index (χ3n) is 5.96. The van der Waals surface area contributed by atoms with Gasteiger partial charge in [0.2, 0.25) is 0 Å². The number of sulfone groups is 1. The van der Waals surface area contributed by atoms with Crippen LogP contribution in [0.1, 0.15) is 5.56 Å². The molecule has 0 saturated carbocycles. The van der Waals surface area contributed by atoms with Gasteiger partial charge in [-0.2, -0.15) is 0 Å². The summed E-state index contributed by atoms with van der Waals surface area (Å²) in [5.41, 5.74) is 2.10. The quantitative estimate of drug-likeness (QED) is 0.492. The van der Waals surface area contributed by atoms with Gasteiger partial charge in [0.15, 0.2) is 9.84 Å². The van der Waals surface area contributed by atoms with Crippen molar-refractivity contribution in [2.75, 3.05) is 37.3 Å². The van der Waals surface area contributed by atoms with E-state index in [9.17, 15) is 8.42 Å². The second-order valence-corrected chi connectivity index (χ2v) is 10.1. The van der Waals surface area contributed by atoms with E-state index in [0.717, 1.165) is 49.4 Å². The molecule has 3 aromatic carbocycles. The average molecular weight is 433 g/mol. The van der Waals surface area contributed by atoms with E-state index in [2.05, 4.69) is 62.2 Å². The molecule has 6 nitrogen and oxygen atoms in total. The Bertz CT molecular complexity index is 1360. The summed E-state index contributed by atoms with van der Waals surface area (Å²) in [5, 5.41) is 3.36. The lowest BCUT2D eigenvalue weighted by Gasteiger charge is -2.36. The van der Waals surface area contributed by atoms with Crippen LogP contribution in [0.3, 0.4) is 0 Å². The lowest BCUT2D eigenvalue weighted by molar-refractivity contribution is 0.250. The first kappa shape index (κ1) is 19.9. The van der Waals surface area contributed by atoms with Gasteiger partial charge < -0.3 is 4.90 Å². The van der Waals surface area contributed by atoms with Gasteiger partial charge in [-0.3, -0.25) is 4.90 Å². The van der Waals surface area contributed by atoms with Crippen molar-refractivity contribution in [2.24, 2.45) is 0 Å². The predicted octanol–water partition coefficient (Wildman–Crippen LogP) is 3.51. The van der Waals surface area contributed by atoms with Crippen LogP contribution in [0, 0.1) is 0 Å². The van der Waals surface area contributed by atoms with E-state index in [0.29, 0.717) is 4.90 Å². The molecule has 0 N–H and O–H groups in total. The minimum atomic E-state index is -3.29. The van der Waals surface area contributed by atoms with Crippen molar-refractivity contribution >= 4 is 37.3 Å². The highest BCUT2D eigenvalue weighted by atomic mass is 32.2. The summed E-state index contributed by atoms with van der Waals surface area (Å²) < 4.78 is 24.0. The molecule has 1 saturated heterocycles. The molecule has 0 atom stereocenters. The van der Waals surface area contributed by atoms with Crippen molar-refractivity contribution in [3.63, 3.8) is 0 Å². The largest absolute Gasteiger partial charge is 0.353 e. The van der Waals surface area contributed by atoms with Gasteiger partial charge in [0, 0.05) is 44.4 Å². The van der Waals surface area contributed by atoms with Crippen molar-refractivity contribution in [3.05, 3.63) is 72.6 Å². The molecule has 0 radical (unpaired) electrons. The highest BCUT2D eigenvalue weighted by molar-refractivity contribution is 7.90. The fourth-order valence-corrected chi connectivity index (χ4v) is 4.94. The number of rotatable bonds is 4. The lowest BCUT2D eigenvalue weighted by Crippen LogP contribution is -2.46. The highest BCUT2D eigenvalue weighted by Gasteiger charge is 2.21. The van der Waals surface area contributed by atoms with Gasteiger partial charge in [0.1, 0.15) is 12.1 Å². The van der Waals surface area contributed by atoms with Gasteiger partial charge in [-0.1, -0.05) is 42.5 Å². The Morgan fingerprint density at radius 3 is 2.45 bits per heavy atom. The molecule has 0 unspecified atom stereocenters. The first-order chi connectivity index (χ1) is 15.0. The van der Waals surface area contributed by atoms with Crippen molar-refractivity contribution in [1.82, 2.24) is 14.9 Å². The van der Waals surface area contributed by atoms with Crippen LogP contribution in [0.15, 0.2) is 71.9 Å². The van der Waals surface area contributed by atoms with E-state index >= 15 is 0 Å². The molecular weight excluding hydrogens is 408 g/mol. The van der Waals surface area contributed by atoms with E-state index in [1.54, 1.807) is 24.5 Å². The number of hydrogen-bond donors (Lipinski definition) is 0. The molecule has 5 rings (SSSR count). The molecule has 2 heterocycles. The summed E-state index contributed by atoms with van der Waals surface area (Å²) in [4.78, 5) is 13.8. The fourth-order valence-electron chi connectivity index (χ4n) is 4.29. The minimum absolute atomic E-state index is 0.297. The molecule has 7 heteroatoms. The van der Waals surface area contributed by atoms with Crippen LogP contribution in [0.4, 0.5) is 5.82 Å². The lowest BCUT2D eigenvalue weighted by atomic mass is 10.0. The molecule has 0 aliphatic carbocycles. The molecule has 1 aromatic heterocycles. The number of aromatic nitrogens is 2. The van der Waals surface area contributed by atoms with Gasteiger partial charge in [-0.25, -0.2) is 18.4 Å². The fraction of sp³-hybridized carbons (Fsp3) is 0.250. The molecule has 1 aliphatic rings. The van der Waals surface area contributed by atoms with Crippen LogP contribution in [0.25, 0.3) is 21.7 Å². The number of hydrogen-bond acceptors (Lipinski definition) is 6. The summed E-state index contributed by atoms with van der Waals surface area (Å²) in [7, 11) is -3.29. The topological polar surface area (TPSA) is 66.4 Å². The van der Waals surface area contributed by atoms with Crippen molar-refractivity contribution < 1.29 is 8.42 Å². The van der Waals surface area contributed by atoms with Crippen LogP contribution in [-0.4, -0.2) is 55.7 Å². The van der Waals surface area contributed by atoms with Gasteiger partial charge in [0.05, 0.1) is 10.4 Å². The molecule has 0 amide bonds. The number of nitrogens with zero attached hydrogens (tertiary/aromatic N) is 4. The molecule has 158 valence electrons. The summed E-state index contributed by atoms with van der Waals surface area (Å²) in [5.74, 6) is 0.806. The first-order valence-electron chi connectivity index (χ1n) is 10.4. The molecule has 4 aromatic rings. The van der Waals surface area contributed by atoms with Crippen molar-refractivity contribution in [3.8, 4) is 0 Å². The van der Waals surface area contributed by atoms with Gasteiger partial charge in [-0.15, -0.1) is 0 Å². The molecule has 31 heavy (non-hydrogen) atoms. The Hall–Kier alpha value is -3.03. The zero-order valence-electron chi connectivity index (χ0n) is 17.4. The first-order valence-corrected chi connectivity index (χ1v) is 12.3. The predicted molar refractivity (Wildman–Crippen MR) is 124 cm³/mol. The summed E-state index contributed by atoms with van der Waals surface area (Å²) in [6.07, 6.45) is 2.78. The Morgan fingerprint density at radius 1 is 0.871 bits per heavy atom. The van der Waals surface area contributed by atoms with Crippen LogP contribution in [0.5, 0.6) is 0 Å². The Balaban J connectivity index is 1.36. The maximum absolute atomic E-state index is 12.0. The maximum atomic E-state index is 12.0. The van der Waals surface area contributed by atoms with E-state index in [1.165, 1.54) is 22.6 Å². The normalized spacial score (nSPS) is 15.6. The number of benzene rings is 3. The third-order valence-corrected chi connectivity index (χ3v) is 7.07. The minimum Gasteiger partial charge on any atom is -0.353 e. The number of anilines is 1. The van der Waals surface area contributed by atoms with Crippen LogP contribution in [-0.2, 0) is 16.4 Å². The summed E-state index contributed by atoms with van der Waals surface area (Å²) in [6, 6.07) is 20.1. The standard InChI is InChI=1S/C24H24N4O2S/c1-31(29,30)20-9-10-23-22(15-20)24(26-17-25-23)28-13-11-27(12-14-28)16-19-7-4-6-18-5-2-3-8-21(18)19/h2-10,15,17H,11-14,16H2,1H3. The molecule has 0 bridgehead atoms. The van der Waals surface area contributed by atoms with Gasteiger partial charge in [0.25, 0.3) is 0 Å². The maximum Gasteiger partial charge on any atom is 0.175 e. The number of piperazine rings is 1. The number of fused-ring (bicyclic) bond motifs is 2. The zero-order valence-corrected chi connectivity index (χ0v) is 18.2. The Morgan fingerprint density at radius 2 is 1.65 bits per heavy atom. The average Bonchev–Trinajstić information content (AvgIpc) is 2.78. The van der Waals surface area contributed by atoms with Gasteiger partial charge in [-0.05, 0) is 34.5 Å². The third kappa shape index (κ3) is 3.98. The monoisotopic (exact) mass is 432 g/mol. The second kappa shape index (κ2) is 7.90. The Labute approximate surface area is 182 Å². The van der Waals surface area contributed by atoms with E-state index < -0.39 is 9.84 Å². The van der Waals surface area contributed by atoms with E-state index in [-0.39, 0.29) is 0 Å². The smallest absolute Gasteiger partial charge is 0.175 e. The molecular formula is C24H24N4O2S. The van der Waals surface area contributed by atoms with E-state index in [1.807, 2.05) is 0 Å². The Kier molecular flexibility index (Phi) is 5.08. The van der Waals surface area contributed by atoms with Crippen LogP contribution >= 0.6 is 0 Å². The summed E-state index contributed by atoms with van der Waals surface area (Å²) in [6.45, 7) is 4.42. The van der Waals surface area contributed by atoms with Crippen LogP contribution < -0.4 is 4.90 Å². The van der Waals surface area contributed by atoms with Crippen molar-refractivity contribution in [2.45, 2.75) is 11.4 Å². The summed E-state index contributed by atoms with van der Waals surface area (Å²) >= 11 is 0. The molecule has 1 aliphatic heterocycles. The van der Waals surface area contributed by atoms with Crippen molar-refractivity contribution in [1.29, 1.82) is 0 Å². The van der Waals surface area contributed by atoms with Crippen LogP contribution in [0.2, 0.25) is 0 Å². The second-order valence-electron chi connectivity index (χ2n) is 8.05. The molecule has 0 spiro atoms. The van der Waals surface area contributed by atoms with E-state index in [4.69, 9.17) is 0 Å². The van der Waals surface area contributed by atoms with Gasteiger partial charge >= 0.3 is 0 Å².